The lowest BCUT2D eigenvalue weighted by Crippen LogP contribution is -1.98. The lowest BCUT2D eigenvalue weighted by Gasteiger charge is -2.19. The van der Waals surface area contributed by atoms with E-state index >= 15 is 0 Å². The van der Waals surface area contributed by atoms with Crippen molar-refractivity contribution in [3.8, 4) is 34.1 Å². The molecule has 4 heteroatoms. The van der Waals surface area contributed by atoms with Gasteiger partial charge in [-0.2, -0.15) is 0 Å². The number of hydrogen-bond acceptors (Lipinski definition) is 4. The van der Waals surface area contributed by atoms with Gasteiger partial charge in [-0.15, -0.1) is 0 Å². The Hall–Kier alpha value is -2.62. The van der Waals surface area contributed by atoms with Crippen LogP contribution in [-0.2, 0) is 19.3 Å². The summed E-state index contributed by atoms with van der Waals surface area (Å²) in [7, 11) is 0. The van der Waals surface area contributed by atoms with E-state index in [9.17, 15) is 20.4 Å². The van der Waals surface area contributed by atoms with Crippen molar-refractivity contribution in [2.45, 2.75) is 110 Å². The quantitative estimate of drug-likeness (QED) is 0.325. The van der Waals surface area contributed by atoms with Crippen LogP contribution in [0.2, 0.25) is 0 Å². The number of allylic oxidation sites excluding steroid dienone is 2. The Balaban J connectivity index is 2.00. The number of phenolic OH excluding ortho intramolecular Hbond substituents is 4. The standard InChI is InChI=1S/C31H44O4/c1-22(2)17-18-25-26(32)21-24-16-14-12-10-8-6-4-3-5-7-9-11-13-15-23-19-27(33)30(28(34)20-23)29(24)31(25)35/h17,19-21,32-35H,3-16,18H2,1-2H3. The molecule has 0 heterocycles. The van der Waals surface area contributed by atoms with Crippen molar-refractivity contribution in [1.82, 2.24) is 0 Å². The van der Waals surface area contributed by atoms with Gasteiger partial charge in [0.15, 0.2) is 0 Å². The van der Waals surface area contributed by atoms with Gasteiger partial charge in [-0.1, -0.05) is 75.9 Å². The molecule has 4 N–H and O–H groups in total. The van der Waals surface area contributed by atoms with Gasteiger partial charge in [0.25, 0.3) is 0 Å². The number of rotatable bonds is 2. The molecule has 2 aromatic carbocycles. The van der Waals surface area contributed by atoms with Crippen LogP contribution in [0.15, 0.2) is 29.8 Å². The first-order valence-electron chi connectivity index (χ1n) is 13.6. The molecule has 4 rings (SSSR count). The second-order valence-electron chi connectivity index (χ2n) is 10.5. The van der Waals surface area contributed by atoms with E-state index in [0.717, 1.165) is 48.8 Å². The molecule has 2 aliphatic rings. The van der Waals surface area contributed by atoms with Gasteiger partial charge < -0.3 is 20.4 Å². The zero-order valence-corrected chi connectivity index (χ0v) is 21.7. The average molecular weight is 481 g/mol. The molecule has 0 unspecified atom stereocenters. The van der Waals surface area contributed by atoms with E-state index in [0.29, 0.717) is 24.0 Å². The maximum atomic E-state index is 11.3. The predicted molar refractivity (Wildman–Crippen MR) is 144 cm³/mol. The Kier molecular flexibility index (Phi) is 10.4. The maximum absolute atomic E-state index is 11.3. The minimum atomic E-state index is -0.0574. The maximum Gasteiger partial charge on any atom is 0.131 e. The lowest BCUT2D eigenvalue weighted by atomic mass is 9.89. The molecular weight excluding hydrogens is 436 g/mol. The van der Waals surface area contributed by atoms with E-state index in [1.807, 2.05) is 19.9 Å². The van der Waals surface area contributed by atoms with Crippen LogP contribution in [0.5, 0.6) is 23.0 Å². The van der Waals surface area contributed by atoms with E-state index in [1.165, 1.54) is 51.4 Å². The Morgan fingerprint density at radius 3 is 1.63 bits per heavy atom. The minimum absolute atomic E-state index is 0.0233. The molecule has 0 radical (unpaired) electrons. The topological polar surface area (TPSA) is 80.9 Å². The van der Waals surface area contributed by atoms with E-state index in [-0.39, 0.29) is 28.6 Å². The third-order valence-corrected chi connectivity index (χ3v) is 7.25. The van der Waals surface area contributed by atoms with Gasteiger partial charge in [-0.05, 0) is 75.3 Å². The summed E-state index contributed by atoms with van der Waals surface area (Å²) in [4.78, 5) is 0. The van der Waals surface area contributed by atoms with E-state index in [4.69, 9.17) is 0 Å². The molecule has 2 aliphatic carbocycles. The summed E-state index contributed by atoms with van der Waals surface area (Å²) in [6, 6.07) is 5.15. The molecule has 0 saturated heterocycles. The molecule has 0 aromatic heterocycles. The van der Waals surface area contributed by atoms with Gasteiger partial charge in [0.1, 0.15) is 23.0 Å². The van der Waals surface area contributed by atoms with Gasteiger partial charge >= 0.3 is 0 Å². The van der Waals surface area contributed by atoms with Crippen LogP contribution in [0.1, 0.15) is 108 Å². The molecule has 2 bridgehead atoms. The van der Waals surface area contributed by atoms with Crippen LogP contribution < -0.4 is 0 Å². The number of aromatic hydroxyl groups is 4. The van der Waals surface area contributed by atoms with E-state index in [1.54, 1.807) is 18.2 Å². The van der Waals surface area contributed by atoms with Gasteiger partial charge in [-0.3, -0.25) is 0 Å². The second-order valence-corrected chi connectivity index (χ2v) is 10.5. The Bertz CT molecular complexity index is 979. The summed E-state index contributed by atoms with van der Waals surface area (Å²) in [6.07, 6.45) is 18.2. The smallest absolute Gasteiger partial charge is 0.131 e. The molecule has 0 spiro atoms. The highest BCUT2D eigenvalue weighted by atomic mass is 16.3. The summed E-state index contributed by atoms with van der Waals surface area (Å²) in [5, 5.41) is 44.0. The van der Waals surface area contributed by atoms with Crippen LogP contribution in [0, 0.1) is 0 Å². The molecule has 0 fully saturated rings. The fraction of sp³-hybridized carbons (Fsp3) is 0.548. The number of benzene rings is 2. The van der Waals surface area contributed by atoms with E-state index in [2.05, 4.69) is 0 Å². The van der Waals surface area contributed by atoms with Gasteiger partial charge in [0, 0.05) is 11.1 Å². The average Bonchev–Trinajstić information content (AvgIpc) is 2.79. The molecule has 35 heavy (non-hydrogen) atoms. The fourth-order valence-corrected chi connectivity index (χ4v) is 5.21. The van der Waals surface area contributed by atoms with Crippen LogP contribution in [0.25, 0.3) is 11.1 Å². The van der Waals surface area contributed by atoms with Crippen molar-refractivity contribution >= 4 is 0 Å². The first-order valence-corrected chi connectivity index (χ1v) is 13.6. The Labute approximate surface area is 211 Å². The molecule has 0 atom stereocenters. The SMILES string of the molecule is CC(C)=CCc1c(O)cc2c(c1O)-c1c(O)cc(cc1O)CCCCCCCCCCCCCC2. The molecule has 2 aromatic rings. The lowest BCUT2D eigenvalue weighted by molar-refractivity contribution is 0.435. The second kappa shape index (κ2) is 13.5. The summed E-state index contributed by atoms with van der Waals surface area (Å²) in [6.45, 7) is 3.95. The van der Waals surface area contributed by atoms with Gasteiger partial charge in [-0.25, -0.2) is 0 Å². The first-order chi connectivity index (χ1) is 16.9. The minimum Gasteiger partial charge on any atom is -0.508 e. The first kappa shape index (κ1) is 27.0. The highest BCUT2D eigenvalue weighted by molar-refractivity contribution is 5.85. The van der Waals surface area contributed by atoms with Crippen LogP contribution in [0.4, 0.5) is 0 Å². The molecule has 4 nitrogen and oxygen atoms in total. The van der Waals surface area contributed by atoms with Crippen molar-refractivity contribution in [3.05, 3.63) is 46.5 Å². The summed E-state index contributed by atoms with van der Waals surface area (Å²) >= 11 is 0. The molecular formula is C31H44O4. The molecule has 0 saturated carbocycles. The van der Waals surface area contributed by atoms with Crippen LogP contribution >= 0.6 is 0 Å². The summed E-state index contributed by atoms with van der Waals surface area (Å²) < 4.78 is 0. The zero-order valence-electron chi connectivity index (χ0n) is 21.7. The Morgan fingerprint density at radius 1 is 0.629 bits per heavy atom. The Morgan fingerprint density at radius 2 is 1.11 bits per heavy atom. The predicted octanol–water partition coefficient (Wildman–Crippen LogP) is 8.46. The normalized spacial score (nSPS) is 16.4. The highest BCUT2D eigenvalue weighted by Crippen LogP contribution is 2.48. The third-order valence-electron chi connectivity index (χ3n) is 7.25. The number of hydrogen-bond donors (Lipinski definition) is 4. The number of phenols is 4. The monoisotopic (exact) mass is 480 g/mol. The van der Waals surface area contributed by atoms with Crippen molar-refractivity contribution in [2.24, 2.45) is 0 Å². The summed E-state index contributed by atoms with van der Waals surface area (Å²) in [5.74, 6) is -0.0450. The zero-order chi connectivity index (χ0) is 25.2. The third kappa shape index (κ3) is 7.68. The summed E-state index contributed by atoms with van der Waals surface area (Å²) in [5.41, 5.74) is 3.87. The van der Waals surface area contributed by atoms with Crippen molar-refractivity contribution in [3.63, 3.8) is 0 Å². The van der Waals surface area contributed by atoms with Gasteiger partial charge in [0.05, 0.1) is 5.56 Å². The number of aryl methyl sites for hydroxylation is 2. The van der Waals surface area contributed by atoms with Crippen molar-refractivity contribution in [2.75, 3.05) is 0 Å². The number of fused-ring (bicyclic) bond motifs is 15. The molecule has 0 amide bonds. The van der Waals surface area contributed by atoms with Crippen molar-refractivity contribution < 1.29 is 20.4 Å². The molecule has 192 valence electrons. The largest absolute Gasteiger partial charge is 0.508 e. The fourth-order valence-electron chi connectivity index (χ4n) is 5.21. The van der Waals surface area contributed by atoms with Crippen LogP contribution in [-0.4, -0.2) is 20.4 Å². The van der Waals surface area contributed by atoms with Gasteiger partial charge in [0.2, 0.25) is 0 Å². The molecule has 0 aliphatic heterocycles. The highest BCUT2D eigenvalue weighted by Gasteiger charge is 2.23. The van der Waals surface area contributed by atoms with Crippen molar-refractivity contribution in [1.29, 1.82) is 0 Å². The van der Waals surface area contributed by atoms with Crippen LogP contribution in [0.3, 0.4) is 0 Å². The van der Waals surface area contributed by atoms with E-state index < -0.39 is 0 Å².